The van der Waals surface area contributed by atoms with Gasteiger partial charge in [0, 0.05) is 21.8 Å². The Balaban J connectivity index is 1.99. The Morgan fingerprint density at radius 3 is 1.17 bits per heavy atom. The predicted molar refractivity (Wildman–Crippen MR) is 180 cm³/mol. The second-order valence-corrected chi connectivity index (χ2v) is 25.5. The molecule has 10 heteroatoms. The number of halogens is 2. The molecule has 232 valence electrons. The quantitative estimate of drug-likeness (QED) is 0.198. The van der Waals surface area contributed by atoms with Crippen LogP contribution in [0.1, 0.15) is 75.1 Å². The Hall–Kier alpha value is -1.31. The molecule has 0 amide bonds. The van der Waals surface area contributed by atoms with Gasteiger partial charge in [0.1, 0.15) is 12.2 Å². The molecule has 0 N–H and O–H groups in total. The molecule has 1 fully saturated rings. The molecule has 0 spiro atoms. The van der Waals surface area contributed by atoms with E-state index in [1.54, 1.807) is 24.3 Å². The number of ether oxygens (including phenoxy) is 2. The van der Waals surface area contributed by atoms with Crippen molar-refractivity contribution in [2.45, 2.75) is 115 Å². The van der Waals surface area contributed by atoms with Crippen LogP contribution in [0.15, 0.2) is 57.5 Å². The Morgan fingerprint density at radius 1 is 0.595 bits per heavy atom. The first-order valence-corrected chi connectivity index (χ1v) is 21.9. The van der Waals surface area contributed by atoms with Gasteiger partial charge in [-0.15, -0.1) is 0 Å². The van der Waals surface area contributed by atoms with Gasteiger partial charge in [0.15, 0.2) is 16.6 Å². The summed E-state index contributed by atoms with van der Waals surface area (Å²) in [4.78, 5) is 26.7. The topological polar surface area (TPSA) is 71.1 Å². The summed E-state index contributed by atoms with van der Waals surface area (Å²) in [6.45, 7) is 21.9. The van der Waals surface area contributed by atoms with Crippen LogP contribution in [0.2, 0.25) is 36.3 Å². The van der Waals surface area contributed by atoms with Gasteiger partial charge in [-0.3, -0.25) is 0 Å². The summed E-state index contributed by atoms with van der Waals surface area (Å²) >= 11 is 6.85. The Morgan fingerprint density at radius 2 is 0.881 bits per heavy atom. The highest BCUT2D eigenvalue weighted by Crippen LogP contribution is 2.43. The van der Waals surface area contributed by atoms with Gasteiger partial charge in [-0.25, -0.2) is 9.59 Å². The molecule has 1 aliphatic carbocycles. The molecule has 0 bridgehead atoms. The number of carbonyl (C=O) groups is 2. The van der Waals surface area contributed by atoms with Crippen molar-refractivity contribution in [2.75, 3.05) is 0 Å². The van der Waals surface area contributed by atoms with Crippen molar-refractivity contribution in [1.82, 2.24) is 0 Å². The molecule has 0 aliphatic heterocycles. The van der Waals surface area contributed by atoms with Crippen molar-refractivity contribution >= 4 is 60.4 Å². The van der Waals surface area contributed by atoms with Gasteiger partial charge in [-0.2, -0.15) is 0 Å². The van der Waals surface area contributed by atoms with Crippen molar-refractivity contribution in [3.63, 3.8) is 0 Å². The fourth-order valence-corrected chi connectivity index (χ4v) is 7.50. The largest absolute Gasteiger partial charge is 0.456 e. The maximum Gasteiger partial charge on any atom is 0.338 e. The molecule has 0 saturated heterocycles. The lowest BCUT2D eigenvalue weighted by atomic mass is 9.89. The fourth-order valence-electron chi connectivity index (χ4n) is 4.25. The minimum Gasteiger partial charge on any atom is -0.456 e. The van der Waals surface area contributed by atoms with Crippen molar-refractivity contribution in [1.29, 1.82) is 0 Å². The highest BCUT2D eigenvalue weighted by molar-refractivity contribution is 9.10. The van der Waals surface area contributed by atoms with Crippen LogP contribution in [0.5, 0.6) is 0 Å². The standard InChI is InChI=1S/C32H46Br2O6Si2/c1-31(2,3)41(7,8)39-27-20-28(40-42(9,10)32(4,5)6)26(38-30(36)22-13-17-24(34)18-14-22)19-25(27)37-29(35)21-11-15-23(33)16-12-21/h11-18,25-28H,19-20H2,1-10H3/t25-,26-,27-,28-/m1/s1. The first-order chi connectivity index (χ1) is 19.2. The summed E-state index contributed by atoms with van der Waals surface area (Å²) in [5.74, 6) is -0.865. The fraction of sp³-hybridized carbons (Fsp3) is 0.562. The van der Waals surface area contributed by atoms with Gasteiger partial charge >= 0.3 is 11.9 Å². The first kappa shape index (κ1) is 35.2. The van der Waals surface area contributed by atoms with Gasteiger partial charge < -0.3 is 18.3 Å². The highest BCUT2D eigenvalue weighted by atomic mass is 79.9. The van der Waals surface area contributed by atoms with Crippen LogP contribution >= 0.6 is 31.9 Å². The molecule has 1 aliphatic rings. The average Bonchev–Trinajstić information content (AvgIpc) is 2.85. The lowest BCUT2D eigenvalue weighted by Crippen LogP contribution is -2.57. The van der Waals surface area contributed by atoms with E-state index >= 15 is 0 Å². The zero-order valence-electron chi connectivity index (χ0n) is 26.5. The average molecular weight is 743 g/mol. The smallest absolute Gasteiger partial charge is 0.338 e. The molecule has 42 heavy (non-hydrogen) atoms. The van der Waals surface area contributed by atoms with E-state index < -0.39 is 53.0 Å². The third-order valence-electron chi connectivity index (χ3n) is 8.94. The van der Waals surface area contributed by atoms with E-state index in [0.717, 1.165) is 8.95 Å². The molecular weight excluding hydrogens is 696 g/mol. The van der Waals surface area contributed by atoms with Crippen molar-refractivity contribution in [2.24, 2.45) is 0 Å². The van der Waals surface area contributed by atoms with Gasteiger partial charge in [0.25, 0.3) is 0 Å². The molecule has 0 aromatic heterocycles. The molecule has 3 rings (SSSR count). The summed E-state index contributed by atoms with van der Waals surface area (Å²) in [7, 11) is -4.53. The van der Waals surface area contributed by atoms with Gasteiger partial charge in [-0.1, -0.05) is 73.4 Å². The van der Waals surface area contributed by atoms with E-state index in [1.165, 1.54) is 0 Å². The van der Waals surface area contributed by atoms with E-state index in [2.05, 4.69) is 99.6 Å². The van der Waals surface area contributed by atoms with E-state index in [4.69, 9.17) is 18.3 Å². The van der Waals surface area contributed by atoms with E-state index in [-0.39, 0.29) is 16.5 Å². The molecule has 4 atom stereocenters. The first-order valence-electron chi connectivity index (χ1n) is 14.5. The van der Waals surface area contributed by atoms with Crippen LogP contribution in [-0.2, 0) is 18.3 Å². The second-order valence-electron chi connectivity index (χ2n) is 14.2. The molecule has 6 nitrogen and oxygen atoms in total. The zero-order valence-corrected chi connectivity index (χ0v) is 31.7. The second kappa shape index (κ2) is 13.4. The SMILES string of the molecule is CC(C)(C)[Si](C)(C)O[C@@H]1C[C@@H](O[Si](C)(C)C(C)(C)C)[C@H](OC(=O)c2ccc(Br)cc2)C[C@H]1OC(=O)c1ccc(Br)cc1. The predicted octanol–water partition coefficient (Wildman–Crippen LogP) is 9.54. The number of esters is 2. The van der Waals surface area contributed by atoms with Crippen LogP contribution in [-0.4, -0.2) is 53.0 Å². The Kier molecular flexibility index (Phi) is 11.2. The Bertz CT molecular complexity index is 1140. The van der Waals surface area contributed by atoms with Crippen molar-refractivity contribution in [3.8, 4) is 0 Å². The number of hydrogen-bond acceptors (Lipinski definition) is 6. The molecule has 2 aromatic rings. The third-order valence-corrected chi connectivity index (χ3v) is 19.0. The van der Waals surface area contributed by atoms with Crippen LogP contribution in [0, 0.1) is 0 Å². The number of benzene rings is 2. The summed E-state index contributed by atoms with van der Waals surface area (Å²) < 4.78 is 28.0. The lowest BCUT2D eigenvalue weighted by Gasteiger charge is -2.48. The molecule has 0 radical (unpaired) electrons. The van der Waals surface area contributed by atoms with Crippen LogP contribution in [0.25, 0.3) is 0 Å². The number of rotatable bonds is 8. The van der Waals surface area contributed by atoms with E-state index in [1.807, 2.05) is 24.3 Å². The maximum atomic E-state index is 13.3. The summed E-state index contributed by atoms with van der Waals surface area (Å²) in [6, 6.07) is 14.2. The minimum atomic E-state index is -2.26. The highest BCUT2D eigenvalue weighted by Gasteiger charge is 2.50. The summed E-state index contributed by atoms with van der Waals surface area (Å²) in [6.07, 6.45) is -1.29. The molecule has 2 aromatic carbocycles. The summed E-state index contributed by atoms with van der Waals surface area (Å²) in [5.41, 5.74) is 0.902. The van der Waals surface area contributed by atoms with Gasteiger partial charge in [0.05, 0.1) is 23.3 Å². The summed E-state index contributed by atoms with van der Waals surface area (Å²) in [5, 5.41) is -0.0953. The molecule has 0 heterocycles. The van der Waals surface area contributed by atoms with E-state index in [0.29, 0.717) is 17.5 Å². The van der Waals surface area contributed by atoms with Crippen molar-refractivity contribution < 1.29 is 27.9 Å². The molecule has 1 saturated carbocycles. The minimum absolute atomic E-state index is 0.0477. The molecular formula is C32H46Br2O6Si2. The van der Waals surface area contributed by atoms with Gasteiger partial charge in [0.2, 0.25) is 0 Å². The number of carbonyl (C=O) groups excluding carboxylic acids is 2. The monoisotopic (exact) mass is 740 g/mol. The zero-order chi connectivity index (χ0) is 31.7. The lowest BCUT2D eigenvalue weighted by molar-refractivity contribution is -0.109. The van der Waals surface area contributed by atoms with Gasteiger partial charge in [-0.05, 0) is 84.8 Å². The number of hydrogen-bond donors (Lipinski definition) is 0. The van der Waals surface area contributed by atoms with E-state index in [9.17, 15) is 9.59 Å². The van der Waals surface area contributed by atoms with Crippen LogP contribution in [0.3, 0.4) is 0 Å². The van der Waals surface area contributed by atoms with Crippen LogP contribution in [0.4, 0.5) is 0 Å². The Labute approximate surface area is 270 Å². The molecule has 0 unspecified atom stereocenters. The normalized spacial score (nSPS) is 22.0. The third kappa shape index (κ3) is 8.88. The maximum absolute atomic E-state index is 13.3. The van der Waals surface area contributed by atoms with Crippen LogP contribution < -0.4 is 0 Å². The van der Waals surface area contributed by atoms with Crippen molar-refractivity contribution in [3.05, 3.63) is 68.6 Å².